The fourth-order valence-corrected chi connectivity index (χ4v) is 7.33. The van der Waals surface area contributed by atoms with E-state index >= 15 is 0 Å². The molecule has 1 saturated carbocycles. The van der Waals surface area contributed by atoms with E-state index < -0.39 is 46.9 Å². The Balaban J connectivity index is 1.35. The van der Waals surface area contributed by atoms with Gasteiger partial charge in [-0.15, -0.1) is 17.9 Å². The molecule has 1 unspecified atom stereocenters. The molecule has 11 nitrogen and oxygen atoms in total. The molecule has 5 atom stereocenters. The van der Waals surface area contributed by atoms with E-state index in [-0.39, 0.29) is 25.3 Å². The third kappa shape index (κ3) is 6.89. The van der Waals surface area contributed by atoms with Gasteiger partial charge in [0, 0.05) is 40.8 Å². The number of amides is 2. The molecule has 2 amide bonds. The molecular weight excluding hydrogens is 655 g/mol. The first kappa shape index (κ1) is 34.9. The van der Waals surface area contributed by atoms with Crippen LogP contribution in [0.3, 0.4) is 0 Å². The number of likely N-dealkylation sites (tertiary alicyclic amines) is 1. The molecule has 0 spiro atoms. The minimum absolute atomic E-state index is 0.106. The van der Waals surface area contributed by atoms with Crippen LogP contribution in [-0.2, 0) is 20.8 Å². The third-order valence-electron chi connectivity index (χ3n) is 9.51. The van der Waals surface area contributed by atoms with E-state index in [9.17, 15) is 19.5 Å². The number of benzene rings is 2. The van der Waals surface area contributed by atoms with Gasteiger partial charge >= 0.3 is 5.97 Å². The molecule has 2 aliphatic rings. The summed E-state index contributed by atoms with van der Waals surface area (Å²) in [5, 5.41) is 19.5. The number of carboxylic acids is 1. The molecule has 2 aromatic heterocycles. The van der Waals surface area contributed by atoms with Gasteiger partial charge in [-0.25, -0.2) is 14.8 Å². The second kappa shape index (κ2) is 13.7. The van der Waals surface area contributed by atoms with Crippen LogP contribution in [-0.4, -0.2) is 75.1 Å². The van der Waals surface area contributed by atoms with E-state index in [0.29, 0.717) is 27.8 Å². The van der Waals surface area contributed by atoms with Gasteiger partial charge in [-0.3, -0.25) is 9.59 Å². The number of anilines is 1. The highest BCUT2D eigenvalue weighted by Crippen LogP contribution is 2.45. The van der Waals surface area contributed by atoms with E-state index in [1.54, 1.807) is 13.2 Å². The van der Waals surface area contributed by atoms with Gasteiger partial charge in [0.15, 0.2) is 5.13 Å². The Morgan fingerprint density at radius 2 is 1.92 bits per heavy atom. The van der Waals surface area contributed by atoms with Crippen LogP contribution >= 0.6 is 11.3 Å². The van der Waals surface area contributed by atoms with Crippen molar-refractivity contribution >= 4 is 45.2 Å². The number of pyridine rings is 1. The van der Waals surface area contributed by atoms with Gasteiger partial charge in [0.05, 0.1) is 30.6 Å². The number of hydrogen-bond donors (Lipinski definition) is 3. The highest BCUT2D eigenvalue weighted by Gasteiger charge is 2.61. The van der Waals surface area contributed by atoms with Gasteiger partial charge in [-0.05, 0) is 30.4 Å². The number of nitrogens with one attached hydrogen (secondary N) is 2. The van der Waals surface area contributed by atoms with Crippen LogP contribution in [0, 0.1) is 11.3 Å². The van der Waals surface area contributed by atoms with Crippen molar-refractivity contribution < 1.29 is 29.0 Å². The Morgan fingerprint density at radius 3 is 2.54 bits per heavy atom. The van der Waals surface area contributed by atoms with Crippen LogP contribution in [0.25, 0.3) is 22.2 Å². The van der Waals surface area contributed by atoms with Crippen molar-refractivity contribution in [2.75, 3.05) is 19.0 Å². The van der Waals surface area contributed by atoms with E-state index in [2.05, 4.69) is 22.2 Å². The minimum atomic E-state index is -1.45. The number of carboxylic acid groups (broad SMARTS) is 1. The molecular formula is C38H43N5O6S. The molecule has 1 aliphatic carbocycles. The van der Waals surface area contributed by atoms with Crippen LogP contribution < -0.4 is 20.1 Å². The van der Waals surface area contributed by atoms with Gasteiger partial charge in [-0.1, -0.05) is 64.1 Å². The first-order chi connectivity index (χ1) is 23.9. The zero-order valence-electron chi connectivity index (χ0n) is 28.9. The highest BCUT2D eigenvalue weighted by molar-refractivity contribution is 7.13. The number of carbonyl (C=O) groups is 3. The van der Waals surface area contributed by atoms with Gasteiger partial charge < -0.3 is 30.1 Å². The molecule has 3 heterocycles. The summed E-state index contributed by atoms with van der Waals surface area (Å²) in [5.41, 5.74) is 1.17. The zero-order valence-corrected chi connectivity index (χ0v) is 29.8. The SMILES string of the molecule is C=C[C@H]1CC1(NC(=O)[C@@H]1C[C@@H](Oc2cc(-c3ccccc3)nc3cc(OC)ccc23)CN1C(=O)[C@@H](Nc1nc(CC)cs1)C(C)(C)C)C(=O)O. The van der Waals surface area contributed by atoms with Crippen LogP contribution in [0.15, 0.2) is 72.6 Å². The van der Waals surface area contributed by atoms with Crippen molar-refractivity contribution in [3.63, 3.8) is 0 Å². The Morgan fingerprint density at radius 1 is 1.16 bits per heavy atom. The fraction of sp³-hybridized carbons (Fsp3) is 0.395. The number of aryl methyl sites for hydroxylation is 1. The average molecular weight is 698 g/mol. The molecule has 0 bridgehead atoms. The number of ether oxygens (including phenoxy) is 2. The van der Waals surface area contributed by atoms with Crippen LogP contribution in [0.2, 0.25) is 0 Å². The highest BCUT2D eigenvalue weighted by atomic mass is 32.1. The smallest absolute Gasteiger partial charge is 0.330 e. The summed E-state index contributed by atoms with van der Waals surface area (Å²) in [6, 6.07) is 15.4. The molecule has 3 N–H and O–H groups in total. The maximum atomic E-state index is 14.6. The lowest BCUT2D eigenvalue weighted by Crippen LogP contribution is -2.56. The Labute approximate surface area is 295 Å². The molecule has 12 heteroatoms. The summed E-state index contributed by atoms with van der Waals surface area (Å²) in [4.78, 5) is 52.0. The molecule has 2 fully saturated rings. The standard InChI is InChI=1S/C38H43N5O6S/c1-7-23-19-38(23,35(46)47)42-33(44)30-17-26(20-43(30)34(45)32(37(3,4)5)41-36-39-24(8-2)21-50-36)49-31-18-28(22-12-10-9-11-13-22)40-29-16-25(48-6)14-15-27(29)31/h7,9-16,18,21,23,26,30,32H,1,8,17,19-20H2,2-6H3,(H,39,41)(H,42,44)(H,46,47)/t23-,26+,30-,32+,38?/m0/s1. The number of hydrogen-bond acceptors (Lipinski definition) is 9. The first-order valence-corrected chi connectivity index (χ1v) is 17.6. The Hall–Kier alpha value is -4.97. The number of nitrogens with zero attached hydrogens (tertiary/aromatic N) is 3. The van der Waals surface area contributed by atoms with Gasteiger partial charge in [-0.2, -0.15) is 0 Å². The predicted octanol–water partition coefficient (Wildman–Crippen LogP) is 5.95. The topological polar surface area (TPSA) is 143 Å². The normalized spacial score (nSPS) is 22.1. The number of aliphatic carboxylic acids is 1. The number of methoxy groups -OCH3 is 1. The maximum Gasteiger partial charge on any atom is 0.330 e. The summed E-state index contributed by atoms with van der Waals surface area (Å²) in [7, 11) is 1.60. The zero-order chi connectivity index (χ0) is 35.8. The quantitative estimate of drug-likeness (QED) is 0.153. The molecule has 6 rings (SSSR count). The van der Waals surface area contributed by atoms with Crippen molar-refractivity contribution in [1.82, 2.24) is 20.2 Å². The van der Waals surface area contributed by atoms with Gasteiger partial charge in [0.2, 0.25) is 11.8 Å². The molecule has 1 saturated heterocycles. The molecule has 4 aromatic rings. The fourth-order valence-electron chi connectivity index (χ4n) is 6.50. The number of thiazole rings is 1. The molecule has 262 valence electrons. The summed E-state index contributed by atoms with van der Waals surface area (Å²) in [6.45, 7) is 11.7. The van der Waals surface area contributed by atoms with Crippen LogP contribution in [0.1, 0.15) is 46.2 Å². The van der Waals surface area contributed by atoms with E-state index in [1.165, 1.54) is 16.2 Å². The second-order valence-electron chi connectivity index (χ2n) is 14.0. The summed E-state index contributed by atoms with van der Waals surface area (Å²) < 4.78 is 12.2. The number of carbonyl (C=O) groups excluding carboxylic acids is 2. The molecule has 1 aliphatic heterocycles. The van der Waals surface area contributed by atoms with Crippen molar-refractivity contribution in [2.45, 2.75) is 70.7 Å². The van der Waals surface area contributed by atoms with E-state index in [4.69, 9.17) is 14.5 Å². The average Bonchev–Trinajstić information content (AvgIpc) is 3.39. The summed E-state index contributed by atoms with van der Waals surface area (Å²) in [6.07, 6.45) is 2.11. The van der Waals surface area contributed by atoms with Crippen LogP contribution in [0.5, 0.6) is 11.5 Å². The number of aromatic nitrogens is 2. The molecule has 2 aromatic carbocycles. The maximum absolute atomic E-state index is 14.6. The largest absolute Gasteiger partial charge is 0.497 e. The minimum Gasteiger partial charge on any atom is -0.497 e. The summed E-state index contributed by atoms with van der Waals surface area (Å²) in [5.74, 6) is -1.18. The predicted molar refractivity (Wildman–Crippen MR) is 193 cm³/mol. The Kier molecular flexibility index (Phi) is 9.58. The van der Waals surface area contributed by atoms with E-state index in [1.807, 2.05) is 87.7 Å². The van der Waals surface area contributed by atoms with Gasteiger partial charge in [0.1, 0.15) is 35.2 Å². The lowest BCUT2D eigenvalue weighted by atomic mass is 9.85. The van der Waals surface area contributed by atoms with Crippen molar-refractivity contribution in [1.29, 1.82) is 0 Å². The lowest BCUT2D eigenvalue weighted by molar-refractivity contribution is -0.145. The van der Waals surface area contributed by atoms with Crippen LogP contribution in [0.4, 0.5) is 5.13 Å². The monoisotopic (exact) mass is 697 g/mol. The number of fused-ring (bicyclic) bond motifs is 1. The molecule has 50 heavy (non-hydrogen) atoms. The van der Waals surface area contributed by atoms with Crippen molar-refractivity contribution in [2.24, 2.45) is 11.3 Å². The number of rotatable bonds is 12. The lowest BCUT2D eigenvalue weighted by Gasteiger charge is -2.35. The first-order valence-electron chi connectivity index (χ1n) is 16.8. The van der Waals surface area contributed by atoms with Crippen molar-refractivity contribution in [3.05, 3.63) is 78.3 Å². The van der Waals surface area contributed by atoms with Gasteiger partial charge in [0.25, 0.3) is 0 Å². The Bertz CT molecular complexity index is 1920. The third-order valence-corrected chi connectivity index (χ3v) is 10.3. The second-order valence-corrected chi connectivity index (χ2v) is 14.8. The summed E-state index contributed by atoms with van der Waals surface area (Å²) >= 11 is 1.43. The van der Waals surface area contributed by atoms with Crippen molar-refractivity contribution in [3.8, 4) is 22.8 Å². The molecule has 0 radical (unpaired) electrons. The van der Waals surface area contributed by atoms with E-state index in [0.717, 1.165) is 23.1 Å².